The molecular weight excluding hydrogens is 286 g/mol. The molecule has 3 atom stereocenters. The molecule has 3 heterocycles. The summed E-state index contributed by atoms with van der Waals surface area (Å²) in [6, 6.07) is 0. The van der Waals surface area contributed by atoms with Crippen LogP contribution in [0.5, 0.6) is 0 Å². The molecule has 0 N–H and O–H groups in total. The summed E-state index contributed by atoms with van der Waals surface area (Å²) in [6.45, 7) is 11.5. The van der Waals surface area contributed by atoms with Crippen molar-refractivity contribution in [2.24, 2.45) is 0 Å². The number of epoxide rings is 3. The van der Waals surface area contributed by atoms with Crippen molar-refractivity contribution in [1.29, 1.82) is 0 Å². The second-order valence-electron chi connectivity index (χ2n) is 7.23. The third-order valence-electron chi connectivity index (χ3n) is 4.08. The van der Waals surface area contributed by atoms with Gasteiger partial charge in [-0.3, -0.25) is 4.79 Å². The van der Waals surface area contributed by atoms with E-state index in [1.54, 1.807) is 4.90 Å². The van der Waals surface area contributed by atoms with Crippen LogP contribution in [-0.2, 0) is 23.7 Å². The van der Waals surface area contributed by atoms with Crippen molar-refractivity contribution in [3.63, 3.8) is 0 Å². The Labute approximate surface area is 131 Å². The first-order valence-corrected chi connectivity index (χ1v) is 7.79. The molecule has 0 aromatic carbocycles. The Balaban J connectivity index is 1.68. The van der Waals surface area contributed by atoms with E-state index >= 15 is 0 Å². The molecule has 0 bridgehead atoms. The van der Waals surface area contributed by atoms with Crippen LogP contribution in [0, 0.1) is 0 Å². The summed E-state index contributed by atoms with van der Waals surface area (Å²) in [7, 11) is 0. The van der Waals surface area contributed by atoms with Gasteiger partial charge in [-0.15, -0.1) is 0 Å². The molecule has 6 heteroatoms. The van der Waals surface area contributed by atoms with E-state index in [4.69, 9.17) is 18.9 Å². The molecule has 3 saturated heterocycles. The number of carbonyl (C=O) groups is 1. The topological polar surface area (TPSA) is 67.1 Å². The van der Waals surface area contributed by atoms with Gasteiger partial charge < -0.3 is 23.8 Å². The molecule has 0 aromatic rings. The predicted molar refractivity (Wildman–Crippen MR) is 79.4 cm³/mol. The van der Waals surface area contributed by atoms with Crippen LogP contribution in [0.2, 0.25) is 0 Å². The van der Waals surface area contributed by atoms with E-state index in [1.807, 2.05) is 27.7 Å². The van der Waals surface area contributed by atoms with E-state index in [-0.39, 0.29) is 23.2 Å². The second kappa shape index (κ2) is 5.51. The number of carbonyl (C=O) groups excluding carboxylic acids is 1. The summed E-state index contributed by atoms with van der Waals surface area (Å²) in [5.41, 5.74) is 0.417. The van der Waals surface area contributed by atoms with E-state index < -0.39 is 0 Å². The molecule has 0 spiro atoms. The van der Waals surface area contributed by atoms with E-state index in [1.165, 1.54) is 0 Å². The Morgan fingerprint density at radius 3 is 2.05 bits per heavy atom. The number of allylic oxidation sites excluding steroid dienone is 1. The summed E-state index contributed by atoms with van der Waals surface area (Å²) >= 11 is 0. The maximum atomic E-state index is 12.9. The third kappa shape index (κ3) is 4.00. The average Bonchev–Trinajstić information content (AvgIpc) is 3.27. The van der Waals surface area contributed by atoms with Gasteiger partial charge >= 0.3 is 0 Å². The molecular formula is C16H25NO5. The Hall–Kier alpha value is -1.11. The summed E-state index contributed by atoms with van der Waals surface area (Å²) in [5.74, 6) is 0.332. The van der Waals surface area contributed by atoms with Crippen molar-refractivity contribution in [2.45, 2.75) is 45.0 Å². The number of ether oxygens (including phenoxy) is 4. The van der Waals surface area contributed by atoms with Gasteiger partial charge in [0.25, 0.3) is 5.91 Å². The van der Waals surface area contributed by atoms with Crippen LogP contribution in [0.15, 0.2) is 11.3 Å². The van der Waals surface area contributed by atoms with E-state index in [9.17, 15) is 4.79 Å². The highest BCUT2D eigenvalue weighted by Crippen LogP contribution is 2.32. The van der Waals surface area contributed by atoms with E-state index in [2.05, 4.69) is 0 Å². The molecule has 0 aliphatic carbocycles. The van der Waals surface area contributed by atoms with Gasteiger partial charge in [0.1, 0.15) is 23.9 Å². The lowest BCUT2D eigenvalue weighted by molar-refractivity contribution is -0.132. The molecule has 3 rings (SSSR count). The Bertz CT molecular complexity index is 465. The minimum Gasteiger partial charge on any atom is -0.485 e. The number of nitrogens with zero attached hydrogens (tertiary/aromatic N) is 1. The maximum Gasteiger partial charge on any atom is 0.289 e. The number of rotatable bonds is 8. The largest absolute Gasteiger partial charge is 0.485 e. The first-order valence-electron chi connectivity index (χ1n) is 7.79. The van der Waals surface area contributed by atoms with Gasteiger partial charge in [0.15, 0.2) is 5.76 Å². The normalized spacial score (nSPS) is 34.8. The fourth-order valence-corrected chi connectivity index (χ4v) is 2.34. The summed E-state index contributed by atoms with van der Waals surface area (Å²) in [6.07, 6.45) is 0.129. The van der Waals surface area contributed by atoms with Crippen LogP contribution < -0.4 is 0 Å². The zero-order chi connectivity index (χ0) is 16.0. The smallest absolute Gasteiger partial charge is 0.289 e. The first kappa shape index (κ1) is 15.8. The molecule has 3 aliphatic heterocycles. The van der Waals surface area contributed by atoms with Gasteiger partial charge in [-0.1, -0.05) is 0 Å². The fourth-order valence-electron chi connectivity index (χ4n) is 2.34. The highest BCUT2D eigenvalue weighted by Gasteiger charge is 2.47. The second-order valence-corrected chi connectivity index (χ2v) is 7.23. The van der Waals surface area contributed by atoms with Crippen LogP contribution in [0.25, 0.3) is 0 Å². The van der Waals surface area contributed by atoms with Crippen molar-refractivity contribution in [1.82, 2.24) is 4.90 Å². The Morgan fingerprint density at radius 1 is 1.18 bits per heavy atom. The van der Waals surface area contributed by atoms with Crippen molar-refractivity contribution in [3.05, 3.63) is 11.3 Å². The molecule has 22 heavy (non-hydrogen) atoms. The molecule has 0 radical (unpaired) electrons. The van der Waals surface area contributed by atoms with E-state index in [0.717, 1.165) is 5.57 Å². The highest BCUT2D eigenvalue weighted by molar-refractivity contribution is 5.92. The maximum absolute atomic E-state index is 12.9. The SMILES string of the molecule is CC(C)=C(OCC1CO1)C(=O)N(CC1(C)CO1)CC1(C)CO1. The van der Waals surface area contributed by atoms with Crippen LogP contribution in [-0.4, -0.2) is 67.6 Å². The molecule has 1 amide bonds. The standard InChI is InChI=1S/C16H25NO5/c1-11(2)13(20-6-12-5-19-12)14(18)17(7-15(3)9-21-15)8-16(4)10-22-16/h12H,5-10H2,1-4H3. The number of hydrogen-bond donors (Lipinski definition) is 0. The van der Waals surface area contributed by atoms with Gasteiger partial charge in [-0.2, -0.15) is 0 Å². The van der Waals surface area contributed by atoms with E-state index in [0.29, 0.717) is 45.3 Å². The number of amides is 1. The molecule has 6 nitrogen and oxygen atoms in total. The van der Waals surface area contributed by atoms with Crippen molar-refractivity contribution < 1.29 is 23.7 Å². The fraction of sp³-hybridized carbons (Fsp3) is 0.812. The lowest BCUT2D eigenvalue weighted by Crippen LogP contribution is -2.44. The van der Waals surface area contributed by atoms with Gasteiger partial charge in [-0.05, 0) is 33.3 Å². The molecule has 0 saturated carbocycles. The average molecular weight is 311 g/mol. The monoisotopic (exact) mass is 311 g/mol. The van der Waals surface area contributed by atoms with Crippen molar-refractivity contribution in [2.75, 3.05) is 39.5 Å². The zero-order valence-electron chi connectivity index (χ0n) is 13.8. The molecule has 3 aliphatic rings. The van der Waals surface area contributed by atoms with Crippen LogP contribution in [0.3, 0.4) is 0 Å². The summed E-state index contributed by atoms with van der Waals surface area (Å²) < 4.78 is 21.8. The Kier molecular flexibility index (Phi) is 3.95. The summed E-state index contributed by atoms with van der Waals surface area (Å²) in [4.78, 5) is 14.7. The molecule has 124 valence electrons. The zero-order valence-corrected chi connectivity index (χ0v) is 13.8. The van der Waals surface area contributed by atoms with Gasteiger partial charge in [0.2, 0.25) is 0 Å². The van der Waals surface area contributed by atoms with Crippen LogP contribution >= 0.6 is 0 Å². The third-order valence-corrected chi connectivity index (χ3v) is 4.08. The summed E-state index contributed by atoms with van der Waals surface area (Å²) in [5, 5.41) is 0. The minimum absolute atomic E-state index is 0.0888. The molecule has 3 unspecified atom stereocenters. The lowest BCUT2D eigenvalue weighted by atomic mass is 10.1. The van der Waals surface area contributed by atoms with Gasteiger partial charge in [0.05, 0.1) is 32.9 Å². The van der Waals surface area contributed by atoms with Gasteiger partial charge in [0, 0.05) is 0 Å². The molecule has 3 fully saturated rings. The lowest BCUT2D eigenvalue weighted by Gasteiger charge is -2.27. The first-order chi connectivity index (χ1) is 10.3. The van der Waals surface area contributed by atoms with Crippen LogP contribution in [0.1, 0.15) is 27.7 Å². The highest BCUT2D eigenvalue weighted by atomic mass is 16.6. The molecule has 0 aromatic heterocycles. The van der Waals surface area contributed by atoms with Crippen LogP contribution in [0.4, 0.5) is 0 Å². The Morgan fingerprint density at radius 2 is 1.68 bits per heavy atom. The van der Waals surface area contributed by atoms with Crippen molar-refractivity contribution >= 4 is 5.91 Å². The predicted octanol–water partition coefficient (Wildman–Crippen LogP) is 1.10. The minimum atomic E-state index is -0.229. The van der Waals surface area contributed by atoms with Gasteiger partial charge in [-0.25, -0.2) is 0 Å². The van der Waals surface area contributed by atoms with Crippen molar-refractivity contribution in [3.8, 4) is 0 Å². The quantitative estimate of drug-likeness (QED) is 0.381. The number of hydrogen-bond acceptors (Lipinski definition) is 5.